The highest BCUT2D eigenvalue weighted by atomic mass is 32.2. The number of aliphatic hydroxyl groups is 1. The highest BCUT2D eigenvalue weighted by molar-refractivity contribution is 7.99. The van der Waals surface area contributed by atoms with Gasteiger partial charge in [0.25, 0.3) is 0 Å². The molecule has 0 saturated carbocycles. The van der Waals surface area contributed by atoms with Crippen LogP contribution in [-0.4, -0.2) is 44.4 Å². The van der Waals surface area contributed by atoms with E-state index in [4.69, 9.17) is 4.74 Å². The number of nitrogens with zero attached hydrogens (tertiary/aromatic N) is 3. The van der Waals surface area contributed by atoms with Crippen LogP contribution in [0, 0.1) is 0 Å². The van der Waals surface area contributed by atoms with Crippen LogP contribution in [0.15, 0.2) is 22.7 Å². The van der Waals surface area contributed by atoms with Crippen molar-refractivity contribution in [2.24, 2.45) is 0 Å². The summed E-state index contributed by atoms with van der Waals surface area (Å²) in [5.41, 5.74) is 0. The second kappa shape index (κ2) is 7.59. The zero-order chi connectivity index (χ0) is 15.4. The first kappa shape index (κ1) is 16.0. The number of aromatic nitrogens is 3. The van der Waals surface area contributed by atoms with Gasteiger partial charge in [0.15, 0.2) is 11.0 Å². The van der Waals surface area contributed by atoms with E-state index in [0.29, 0.717) is 5.75 Å². The Morgan fingerprint density at radius 3 is 3.14 bits per heavy atom. The lowest BCUT2D eigenvalue weighted by Gasteiger charge is -2.14. The zero-order valence-electron chi connectivity index (χ0n) is 12.6. The molecule has 0 unspecified atom stereocenters. The Hall–Kier alpha value is -0.890. The Morgan fingerprint density at radius 1 is 1.55 bits per heavy atom. The fraction of sp³-hybridized carbons (Fsp3) is 0.600. The fourth-order valence-electron chi connectivity index (χ4n) is 2.43. The van der Waals surface area contributed by atoms with Crippen LogP contribution in [0.4, 0.5) is 0 Å². The molecule has 0 radical (unpaired) electrons. The number of thiophene rings is 1. The van der Waals surface area contributed by atoms with Crippen molar-refractivity contribution in [3.05, 3.63) is 17.5 Å². The summed E-state index contributed by atoms with van der Waals surface area (Å²) in [5, 5.41) is 21.4. The van der Waals surface area contributed by atoms with E-state index in [9.17, 15) is 5.11 Å². The number of hydrogen-bond acceptors (Lipinski definition) is 6. The summed E-state index contributed by atoms with van der Waals surface area (Å²) in [7, 11) is 0. The van der Waals surface area contributed by atoms with Crippen molar-refractivity contribution < 1.29 is 9.84 Å². The van der Waals surface area contributed by atoms with Crippen molar-refractivity contribution in [2.45, 2.75) is 50.1 Å². The third kappa shape index (κ3) is 3.71. The van der Waals surface area contributed by atoms with Gasteiger partial charge in [-0.15, -0.1) is 21.5 Å². The minimum atomic E-state index is -0.303. The Labute approximate surface area is 138 Å². The molecule has 0 spiro atoms. The van der Waals surface area contributed by atoms with E-state index in [-0.39, 0.29) is 12.2 Å². The molecule has 1 aliphatic rings. The lowest BCUT2D eigenvalue weighted by molar-refractivity contribution is 0.0953. The predicted octanol–water partition coefficient (Wildman–Crippen LogP) is 3.05. The summed E-state index contributed by atoms with van der Waals surface area (Å²) in [4.78, 5) is 1.12. The van der Waals surface area contributed by atoms with Gasteiger partial charge in [-0.25, -0.2) is 0 Å². The van der Waals surface area contributed by atoms with E-state index in [2.05, 4.69) is 20.8 Å². The molecule has 3 heterocycles. The molecule has 120 valence electrons. The first-order valence-electron chi connectivity index (χ1n) is 7.67. The first-order valence-corrected chi connectivity index (χ1v) is 9.54. The van der Waals surface area contributed by atoms with Gasteiger partial charge in [0.2, 0.25) is 0 Å². The van der Waals surface area contributed by atoms with Gasteiger partial charge >= 0.3 is 0 Å². The molecule has 7 heteroatoms. The van der Waals surface area contributed by atoms with E-state index in [1.165, 1.54) is 0 Å². The molecule has 1 aliphatic heterocycles. The van der Waals surface area contributed by atoms with Crippen molar-refractivity contribution in [1.29, 1.82) is 0 Å². The van der Waals surface area contributed by atoms with E-state index >= 15 is 0 Å². The second-order valence-corrected chi connectivity index (χ2v) is 7.34. The van der Waals surface area contributed by atoms with Gasteiger partial charge in [-0.05, 0) is 30.7 Å². The SMILES string of the molecule is CC[C@H](O)CSc1nnc(-c2cccs2)n1C[C@H]1CCCO1. The van der Waals surface area contributed by atoms with Crippen molar-refractivity contribution in [1.82, 2.24) is 14.8 Å². The van der Waals surface area contributed by atoms with Gasteiger partial charge in [-0.2, -0.15) is 0 Å². The molecule has 3 rings (SSSR count). The lowest BCUT2D eigenvalue weighted by atomic mass is 10.2. The molecule has 0 aliphatic carbocycles. The fourth-order valence-corrected chi connectivity index (χ4v) is 4.14. The molecule has 0 aromatic carbocycles. The zero-order valence-corrected chi connectivity index (χ0v) is 14.3. The van der Waals surface area contributed by atoms with Crippen LogP contribution in [0.2, 0.25) is 0 Å². The molecular weight excluding hydrogens is 318 g/mol. The maximum atomic E-state index is 9.78. The smallest absolute Gasteiger partial charge is 0.191 e. The predicted molar refractivity (Wildman–Crippen MR) is 89.3 cm³/mol. The van der Waals surface area contributed by atoms with E-state index < -0.39 is 0 Å². The molecule has 2 aromatic heterocycles. The minimum absolute atomic E-state index is 0.241. The molecular formula is C15H21N3O2S2. The Bertz CT molecular complexity index is 580. The highest BCUT2D eigenvalue weighted by Crippen LogP contribution is 2.29. The molecule has 1 N–H and O–H groups in total. The van der Waals surface area contributed by atoms with Crippen LogP contribution < -0.4 is 0 Å². The number of aliphatic hydroxyl groups excluding tert-OH is 1. The van der Waals surface area contributed by atoms with E-state index in [1.807, 2.05) is 18.4 Å². The van der Waals surface area contributed by atoms with Crippen molar-refractivity contribution >= 4 is 23.1 Å². The van der Waals surface area contributed by atoms with Crippen LogP contribution in [0.3, 0.4) is 0 Å². The molecule has 22 heavy (non-hydrogen) atoms. The summed E-state index contributed by atoms with van der Waals surface area (Å²) < 4.78 is 7.92. The van der Waals surface area contributed by atoms with E-state index in [0.717, 1.165) is 48.3 Å². The summed E-state index contributed by atoms with van der Waals surface area (Å²) in [6.07, 6.45) is 2.90. The summed E-state index contributed by atoms with van der Waals surface area (Å²) in [5.74, 6) is 1.55. The third-order valence-corrected chi connectivity index (χ3v) is 5.72. The number of rotatable bonds is 7. The lowest BCUT2D eigenvalue weighted by Crippen LogP contribution is -2.17. The van der Waals surface area contributed by atoms with Crippen molar-refractivity contribution in [2.75, 3.05) is 12.4 Å². The van der Waals surface area contributed by atoms with Gasteiger partial charge in [0, 0.05) is 12.4 Å². The summed E-state index contributed by atoms with van der Waals surface area (Å²) in [6, 6.07) is 4.09. The van der Waals surface area contributed by atoms with Crippen LogP contribution in [-0.2, 0) is 11.3 Å². The molecule has 5 nitrogen and oxygen atoms in total. The molecule has 2 atom stereocenters. The van der Waals surface area contributed by atoms with Gasteiger partial charge in [0.1, 0.15) is 0 Å². The van der Waals surface area contributed by atoms with Gasteiger partial charge in [0.05, 0.1) is 23.6 Å². The van der Waals surface area contributed by atoms with Crippen molar-refractivity contribution in [3.8, 4) is 10.7 Å². The standard InChI is InChI=1S/C15H21N3O2S2/c1-2-11(19)10-22-15-17-16-14(13-6-4-8-21-13)18(15)9-12-5-3-7-20-12/h4,6,8,11-12,19H,2-3,5,7,9-10H2,1H3/t11-,12+/m0/s1. The molecule has 0 bridgehead atoms. The van der Waals surface area contributed by atoms with Crippen LogP contribution >= 0.6 is 23.1 Å². The molecule has 2 aromatic rings. The number of hydrogen-bond donors (Lipinski definition) is 1. The maximum Gasteiger partial charge on any atom is 0.191 e. The Kier molecular flexibility index (Phi) is 5.51. The first-order chi connectivity index (χ1) is 10.8. The number of thioether (sulfide) groups is 1. The van der Waals surface area contributed by atoms with Crippen molar-refractivity contribution in [3.63, 3.8) is 0 Å². The quantitative estimate of drug-likeness (QED) is 0.786. The van der Waals surface area contributed by atoms with Crippen LogP contribution in [0.25, 0.3) is 10.7 Å². The highest BCUT2D eigenvalue weighted by Gasteiger charge is 2.22. The van der Waals surface area contributed by atoms with Gasteiger partial charge in [-0.1, -0.05) is 24.8 Å². The van der Waals surface area contributed by atoms with Gasteiger partial charge in [-0.3, -0.25) is 4.57 Å². The monoisotopic (exact) mass is 339 g/mol. The Balaban J connectivity index is 1.81. The average molecular weight is 339 g/mol. The van der Waals surface area contributed by atoms with Crippen LogP contribution in [0.1, 0.15) is 26.2 Å². The second-order valence-electron chi connectivity index (χ2n) is 5.40. The van der Waals surface area contributed by atoms with Gasteiger partial charge < -0.3 is 9.84 Å². The largest absolute Gasteiger partial charge is 0.392 e. The summed E-state index contributed by atoms with van der Waals surface area (Å²) in [6.45, 7) is 3.61. The normalized spacial score (nSPS) is 19.6. The number of ether oxygens (including phenoxy) is 1. The van der Waals surface area contributed by atoms with Crippen LogP contribution in [0.5, 0.6) is 0 Å². The summed E-state index contributed by atoms with van der Waals surface area (Å²) >= 11 is 3.24. The molecule has 0 amide bonds. The molecule has 1 fully saturated rings. The minimum Gasteiger partial charge on any atom is -0.392 e. The van der Waals surface area contributed by atoms with E-state index in [1.54, 1.807) is 23.1 Å². The topological polar surface area (TPSA) is 60.2 Å². The maximum absolute atomic E-state index is 9.78. The Morgan fingerprint density at radius 2 is 2.45 bits per heavy atom. The molecule has 1 saturated heterocycles. The third-order valence-electron chi connectivity index (χ3n) is 3.74. The average Bonchev–Trinajstić information content (AvgIpc) is 3.27.